The predicted molar refractivity (Wildman–Crippen MR) is 132 cm³/mol. The lowest BCUT2D eigenvalue weighted by Crippen LogP contribution is -2.42. The predicted octanol–water partition coefficient (Wildman–Crippen LogP) is 3.86. The number of aromatic nitrogens is 2. The number of hydrogen-bond donors (Lipinski definition) is 2. The van der Waals surface area contributed by atoms with Crippen molar-refractivity contribution in [3.8, 4) is 5.75 Å². The van der Waals surface area contributed by atoms with E-state index in [2.05, 4.69) is 22.2 Å². The minimum atomic E-state index is -0.884. The first-order chi connectivity index (χ1) is 17.8. The zero-order chi connectivity index (χ0) is 25.5. The van der Waals surface area contributed by atoms with Gasteiger partial charge in [-0.2, -0.15) is 0 Å². The van der Waals surface area contributed by atoms with Gasteiger partial charge in [-0.3, -0.25) is 9.59 Å². The first-order valence-corrected chi connectivity index (χ1v) is 12.6. The molecule has 7 rings (SSSR count). The van der Waals surface area contributed by atoms with E-state index in [4.69, 9.17) is 15.2 Å². The van der Waals surface area contributed by atoms with Crippen molar-refractivity contribution in [3.05, 3.63) is 52.6 Å². The van der Waals surface area contributed by atoms with E-state index in [0.717, 1.165) is 22.9 Å². The van der Waals surface area contributed by atoms with E-state index in [0.29, 0.717) is 67.4 Å². The quantitative estimate of drug-likeness (QED) is 0.545. The number of fused-ring (bicyclic) bond motifs is 4. The van der Waals surface area contributed by atoms with E-state index >= 15 is 4.39 Å². The number of nitrogen functional groups attached to an aromatic ring is 1. The number of piperidine rings is 1. The summed E-state index contributed by atoms with van der Waals surface area (Å²) in [6.45, 7) is 3.43. The maximum Gasteiger partial charge on any atom is 0.272 e. The lowest BCUT2D eigenvalue weighted by Gasteiger charge is -2.39. The molecule has 1 aromatic carbocycles. The summed E-state index contributed by atoms with van der Waals surface area (Å²) in [6, 6.07) is 4.58. The van der Waals surface area contributed by atoms with Crippen LogP contribution >= 0.6 is 0 Å². The molecule has 2 amide bonds. The smallest absolute Gasteiger partial charge is 0.272 e. The van der Waals surface area contributed by atoms with Gasteiger partial charge in [-0.1, -0.05) is 6.92 Å². The average molecular weight is 504 g/mol. The van der Waals surface area contributed by atoms with Gasteiger partial charge in [0.2, 0.25) is 0 Å². The topological polar surface area (TPSA) is 120 Å². The number of nitrogens with two attached hydrogens (primary N) is 1. The minimum Gasteiger partial charge on any atom is -0.475 e. The highest BCUT2D eigenvalue weighted by molar-refractivity contribution is 6.03. The Morgan fingerprint density at radius 1 is 1.22 bits per heavy atom. The average Bonchev–Trinajstić information content (AvgIpc) is 3.47. The fraction of sp³-hybridized carbons (Fsp3) is 0.407. The van der Waals surface area contributed by atoms with Gasteiger partial charge in [-0.25, -0.2) is 14.4 Å². The molecule has 5 heterocycles. The summed E-state index contributed by atoms with van der Waals surface area (Å²) in [5, 5.41) is 3.47. The van der Waals surface area contributed by atoms with E-state index in [9.17, 15) is 9.59 Å². The molecule has 0 bridgehead atoms. The third-order valence-corrected chi connectivity index (χ3v) is 8.04. The second-order valence-corrected chi connectivity index (χ2v) is 10.6. The molecule has 0 radical (unpaired) electrons. The Bertz CT molecular complexity index is 1500. The molecule has 3 N–H and O–H groups in total. The number of halogens is 1. The number of anilines is 2. The van der Waals surface area contributed by atoms with E-state index in [1.54, 1.807) is 23.2 Å². The molecule has 1 saturated carbocycles. The van der Waals surface area contributed by atoms with Gasteiger partial charge < -0.3 is 25.4 Å². The SMILES string of the molecule is C[C@H]1CCC(c2cc(F)c3c(c2)OC2(CC2)C(=O)N3)N(C(=O)c2cc3c4c(c(N)nc3cn2)COC4)C1. The lowest BCUT2D eigenvalue weighted by molar-refractivity contribution is -0.125. The number of amides is 2. The van der Waals surface area contributed by atoms with Gasteiger partial charge in [-0.15, -0.1) is 0 Å². The van der Waals surface area contributed by atoms with Crippen LogP contribution < -0.4 is 15.8 Å². The van der Waals surface area contributed by atoms with Crippen LogP contribution in [-0.2, 0) is 22.7 Å². The molecule has 4 aliphatic rings. The molecule has 2 fully saturated rings. The highest BCUT2D eigenvalue weighted by Crippen LogP contribution is 2.49. The molecule has 1 unspecified atom stereocenters. The summed E-state index contributed by atoms with van der Waals surface area (Å²) in [4.78, 5) is 36.8. The Morgan fingerprint density at radius 3 is 2.84 bits per heavy atom. The van der Waals surface area contributed by atoms with E-state index in [-0.39, 0.29) is 29.5 Å². The number of benzene rings is 1. The first kappa shape index (κ1) is 22.4. The number of rotatable bonds is 2. The van der Waals surface area contributed by atoms with Crippen LogP contribution in [0.15, 0.2) is 24.4 Å². The van der Waals surface area contributed by atoms with E-state index < -0.39 is 11.4 Å². The van der Waals surface area contributed by atoms with Gasteiger partial charge in [0.15, 0.2) is 11.4 Å². The molecule has 10 heteroatoms. The Morgan fingerprint density at radius 2 is 2.03 bits per heavy atom. The van der Waals surface area contributed by atoms with Crippen molar-refractivity contribution < 1.29 is 23.5 Å². The molecule has 9 nitrogen and oxygen atoms in total. The number of carbonyl (C=O) groups is 2. The first-order valence-electron chi connectivity index (χ1n) is 12.6. The fourth-order valence-corrected chi connectivity index (χ4v) is 5.78. The minimum absolute atomic E-state index is 0.0624. The second kappa shape index (κ2) is 7.85. The fourth-order valence-electron chi connectivity index (χ4n) is 5.78. The third kappa shape index (κ3) is 3.46. The van der Waals surface area contributed by atoms with Crippen molar-refractivity contribution in [1.29, 1.82) is 0 Å². The Labute approximate surface area is 212 Å². The van der Waals surface area contributed by atoms with Crippen molar-refractivity contribution in [2.45, 2.75) is 57.5 Å². The maximum absolute atomic E-state index is 15.2. The van der Waals surface area contributed by atoms with Crippen molar-refractivity contribution in [2.75, 3.05) is 17.6 Å². The zero-order valence-electron chi connectivity index (χ0n) is 20.3. The second-order valence-electron chi connectivity index (χ2n) is 10.6. The number of nitrogens with zero attached hydrogens (tertiary/aromatic N) is 3. The summed E-state index contributed by atoms with van der Waals surface area (Å²) in [6.07, 6.45) is 4.37. The molecule has 1 saturated heterocycles. The Balaban J connectivity index is 1.26. The molecule has 3 aromatic rings. The number of carbonyl (C=O) groups excluding carboxylic acids is 2. The highest BCUT2D eigenvalue weighted by Gasteiger charge is 2.56. The number of likely N-dealkylation sites (tertiary alicyclic amines) is 1. The molecule has 37 heavy (non-hydrogen) atoms. The van der Waals surface area contributed by atoms with Gasteiger partial charge in [0.05, 0.1) is 31.0 Å². The Kier molecular flexibility index (Phi) is 4.76. The molecular formula is C27H26FN5O4. The molecular weight excluding hydrogens is 477 g/mol. The van der Waals surface area contributed by atoms with Gasteiger partial charge in [0.25, 0.3) is 11.8 Å². The summed E-state index contributed by atoms with van der Waals surface area (Å²) >= 11 is 0. The summed E-state index contributed by atoms with van der Waals surface area (Å²) in [7, 11) is 0. The van der Waals surface area contributed by atoms with E-state index in [1.165, 1.54) is 6.07 Å². The number of nitrogens with one attached hydrogen (secondary N) is 1. The summed E-state index contributed by atoms with van der Waals surface area (Å²) in [5.74, 6) is -0.0647. The van der Waals surface area contributed by atoms with Crippen molar-refractivity contribution in [1.82, 2.24) is 14.9 Å². The molecule has 2 aromatic heterocycles. The third-order valence-electron chi connectivity index (χ3n) is 8.04. The van der Waals surface area contributed by atoms with E-state index in [1.807, 2.05) is 0 Å². The summed E-state index contributed by atoms with van der Waals surface area (Å²) in [5.41, 5.74) is 8.61. The summed E-state index contributed by atoms with van der Waals surface area (Å²) < 4.78 is 26.7. The largest absolute Gasteiger partial charge is 0.475 e. The van der Waals surface area contributed by atoms with Crippen LogP contribution in [0.5, 0.6) is 5.75 Å². The van der Waals surface area contributed by atoms with Gasteiger partial charge in [0.1, 0.15) is 22.9 Å². The van der Waals surface area contributed by atoms with Gasteiger partial charge >= 0.3 is 0 Å². The normalized spacial score (nSPS) is 23.4. The van der Waals surface area contributed by atoms with Crippen LogP contribution in [0.25, 0.3) is 10.9 Å². The lowest BCUT2D eigenvalue weighted by atomic mass is 9.89. The standard InChI is InChI=1S/C27H26FN5O4/c1-13-2-3-21(14-6-18(28)23-22(7-14)37-27(4-5-27)26(35)32-23)33(10-13)25(34)19-8-15-16-11-36-12-17(16)24(29)31-20(15)9-30-19/h6-9,13,21H,2-5,10-12H2,1H3,(H2,29,31)(H,32,35)/t13-,21?/m0/s1. The highest BCUT2D eigenvalue weighted by atomic mass is 19.1. The van der Waals surface area contributed by atoms with Crippen LogP contribution in [0.3, 0.4) is 0 Å². The number of ether oxygens (including phenoxy) is 2. The van der Waals surface area contributed by atoms with Crippen LogP contribution in [0.2, 0.25) is 0 Å². The van der Waals surface area contributed by atoms with Crippen LogP contribution in [0, 0.1) is 11.7 Å². The van der Waals surface area contributed by atoms with Crippen molar-refractivity contribution >= 4 is 34.2 Å². The monoisotopic (exact) mass is 503 g/mol. The number of hydrogen-bond acceptors (Lipinski definition) is 7. The zero-order valence-corrected chi connectivity index (χ0v) is 20.3. The van der Waals surface area contributed by atoms with Crippen LogP contribution in [-0.4, -0.2) is 38.8 Å². The van der Waals surface area contributed by atoms with Gasteiger partial charge in [-0.05, 0) is 48.1 Å². The molecule has 3 aliphatic heterocycles. The van der Waals surface area contributed by atoms with Crippen LogP contribution in [0.1, 0.15) is 65.8 Å². The van der Waals surface area contributed by atoms with Crippen molar-refractivity contribution in [3.63, 3.8) is 0 Å². The maximum atomic E-state index is 15.2. The molecule has 1 aliphatic carbocycles. The Hall–Kier alpha value is -3.79. The number of pyridine rings is 2. The van der Waals surface area contributed by atoms with Crippen molar-refractivity contribution in [2.24, 2.45) is 5.92 Å². The molecule has 2 atom stereocenters. The van der Waals surface area contributed by atoms with Gasteiger partial charge in [0, 0.05) is 30.3 Å². The van der Waals surface area contributed by atoms with Crippen LogP contribution in [0.4, 0.5) is 15.9 Å². The molecule has 190 valence electrons. The molecule has 1 spiro atoms.